The number of nitrogens with zero attached hydrogens (tertiary/aromatic N) is 1. The SMILES string of the molecule is c1ccc(N(c2ccccc2)c2cccc3oc4c(-c5cccc6oc7ccc(-c8ccc9c(c8)oc8ccccc89)cc7c56)cccc4c23)cc1. The van der Waals surface area contributed by atoms with E-state index in [9.17, 15) is 0 Å². The molecule has 0 bridgehead atoms. The molecule has 0 spiro atoms. The number of fused-ring (bicyclic) bond motifs is 9. The van der Waals surface area contributed by atoms with Crippen molar-refractivity contribution in [2.75, 3.05) is 4.90 Å². The Kier molecular flexibility index (Phi) is 6.22. The van der Waals surface area contributed by atoms with Gasteiger partial charge in [0.1, 0.15) is 33.5 Å². The standard InChI is InChI=1S/C48H29NO3/c1-3-12-32(13-4-1)49(33-14-5-2-6-15-33)40-20-11-23-44-47(40)38-19-9-18-37(48(38)52-44)36-17-10-22-43-46(36)39-28-30(25-27-42(39)50-43)31-24-26-35-34-16-7-8-21-41(34)51-45(35)29-31/h1-29H. The highest BCUT2D eigenvalue weighted by molar-refractivity contribution is 6.20. The van der Waals surface area contributed by atoms with Crippen LogP contribution in [0.2, 0.25) is 0 Å². The Hall–Kier alpha value is -7.04. The van der Waals surface area contributed by atoms with Gasteiger partial charge in [0.2, 0.25) is 0 Å². The molecule has 8 aromatic carbocycles. The number of benzene rings is 8. The van der Waals surface area contributed by atoms with E-state index in [0.29, 0.717) is 0 Å². The highest BCUT2D eigenvalue weighted by Gasteiger charge is 2.22. The van der Waals surface area contributed by atoms with Crippen LogP contribution in [0.1, 0.15) is 0 Å². The van der Waals surface area contributed by atoms with Gasteiger partial charge in [-0.2, -0.15) is 0 Å². The smallest absolute Gasteiger partial charge is 0.143 e. The maximum atomic E-state index is 6.83. The molecule has 3 aromatic heterocycles. The van der Waals surface area contributed by atoms with Crippen LogP contribution in [-0.4, -0.2) is 0 Å². The van der Waals surface area contributed by atoms with Gasteiger partial charge in [-0.3, -0.25) is 0 Å². The van der Waals surface area contributed by atoms with Crippen molar-refractivity contribution in [1.29, 1.82) is 0 Å². The first kappa shape index (κ1) is 28.8. The first-order valence-corrected chi connectivity index (χ1v) is 17.5. The Morgan fingerprint density at radius 3 is 1.73 bits per heavy atom. The zero-order valence-corrected chi connectivity index (χ0v) is 27.9. The van der Waals surface area contributed by atoms with E-state index in [1.807, 2.05) is 18.2 Å². The van der Waals surface area contributed by atoms with Crippen molar-refractivity contribution >= 4 is 82.9 Å². The molecule has 0 atom stereocenters. The molecule has 0 aliphatic rings. The fourth-order valence-corrected chi connectivity index (χ4v) is 7.95. The van der Waals surface area contributed by atoms with Crippen LogP contribution in [0.15, 0.2) is 189 Å². The summed E-state index contributed by atoms with van der Waals surface area (Å²) in [5.41, 5.74) is 12.6. The van der Waals surface area contributed by atoms with Crippen molar-refractivity contribution in [2.45, 2.75) is 0 Å². The Balaban J connectivity index is 1.11. The summed E-state index contributed by atoms with van der Waals surface area (Å²) in [6, 6.07) is 61.2. The molecule has 11 aromatic rings. The topological polar surface area (TPSA) is 42.7 Å². The fraction of sp³-hybridized carbons (Fsp3) is 0. The maximum absolute atomic E-state index is 6.83. The van der Waals surface area contributed by atoms with Crippen LogP contribution < -0.4 is 4.90 Å². The fourth-order valence-electron chi connectivity index (χ4n) is 7.95. The largest absolute Gasteiger partial charge is 0.456 e. The van der Waals surface area contributed by atoms with Gasteiger partial charge in [0.15, 0.2) is 0 Å². The molecule has 0 aliphatic heterocycles. The Morgan fingerprint density at radius 2 is 0.904 bits per heavy atom. The van der Waals surface area contributed by atoms with Gasteiger partial charge >= 0.3 is 0 Å². The van der Waals surface area contributed by atoms with Crippen LogP contribution in [0.3, 0.4) is 0 Å². The molecular formula is C48H29NO3. The number of hydrogen-bond donors (Lipinski definition) is 0. The maximum Gasteiger partial charge on any atom is 0.143 e. The summed E-state index contributed by atoms with van der Waals surface area (Å²) in [7, 11) is 0. The third-order valence-corrected chi connectivity index (χ3v) is 10.3. The first-order chi connectivity index (χ1) is 25.8. The predicted molar refractivity (Wildman–Crippen MR) is 214 cm³/mol. The van der Waals surface area contributed by atoms with Gasteiger partial charge in [-0.25, -0.2) is 0 Å². The number of anilines is 3. The molecule has 4 nitrogen and oxygen atoms in total. The van der Waals surface area contributed by atoms with Gasteiger partial charge in [-0.15, -0.1) is 0 Å². The molecular weight excluding hydrogens is 639 g/mol. The van der Waals surface area contributed by atoms with E-state index in [0.717, 1.165) is 105 Å². The third kappa shape index (κ3) is 4.34. The van der Waals surface area contributed by atoms with E-state index in [1.165, 1.54) is 0 Å². The number of rotatable bonds is 5. The summed E-state index contributed by atoms with van der Waals surface area (Å²) in [6.45, 7) is 0. The average molecular weight is 668 g/mol. The van der Waals surface area contributed by atoms with Crippen LogP contribution in [0, 0.1) is 0 Å². The van der Waals surface area contributed by atoms with E-state index in [2.05, 4.69) is 163 Å². The molecule has 0 aliphatic carbocycles. The molecule has 3 heterocycles. The molecule has 244 valence electrons. The van der Waals surface area contributed by atoms with Gasteiger partial charge < -0.3 is 18.2 Å². The molecule has 0 radical (unpaired) electrons. The van der Waals surface area contributed by atoms with Crippen LogP contribution in [0.4, 0.5) is 17.1 Å². The average Bonchev–Trinajstić information content (AvgIpc) is 3.90. The molecule has 0 unspecified atom stereocenters. The minimum Gasteiger partial charge on any atom is -0.456 e. The Bertz CT molecular complexity index is 3090. The van der Waals surface area contributed by atoms with Crippen molar-refractivity contribution in [3.63, 3.8) is 0 Å². The van der Waals surface area contributed by atoms with Gasteiger partial charge in [-0.05, 0) is 89.5 Å². The minimum atomic E-state index is 0.837. The van der Waals surface area contributed by atoms with E-state index in [4.69, 9.17) is 13.3 Å². The van der Waals surface area contributed by atoms with Crippen molar-refractivity contribution < 1.29 is 13.3 Å². The van der Waals surface area contributed by atoms with E-state index < -0.39 is 0 Å². The van der Waals surface area contributed by atoms with Crippen LogP contribution >= 0.6 is 0 Å². The molecule has 0 fully saturated rings. The summed E-state index contributed by atoms with van der Waals surface area (Å²) >= 11 is 0. The lowest BCUT2D eigenvalue weighted by Crippen LogP contribution is -2.09. The highest BCUT2D eigenvalue weighted by atomic mass is 16.3. The second kappa shape index (κ2) is 11.2. The molecule has 11 rings (SSSR count). The van der Waals surface area contributed by atoms with Crippen LogP contribution in [-0.2, 0) is 0 Å². The first-order valence-electron chi connectivity index (χ1n) is 17.5. The summed E-state index contributed by atoms with van der Waals surface area (Å²) in [4.78, 5) is 2.30. The van der Waals surface area contributed by atoms with Crippen molar-refractivity contribution in [3.8, 4) is 22.3 Å². The molecule has 0 saturated heterocycles. The van der Waals surface area contributed by atoms with Crippen LogP contribution in [0.5, 0.6) is 0 Å². The quantitative estimate of drug-likeness (QED) is 0.183. The third-order valence-electron chi connectivity index (χ3n) is 10.3. The predicted octanol–water partition coefficient (Wildman–Crippen LogP) is 14.2. The lowest BCUT2D eigenvalue weighted by molar-refractivity contribution is 0.668. The lowest BCUT2D eigenvalue weighted by atomic mass is 9.96. The second-order valence-electron chi connectivity index (χ2n) is 13.2. The van der Waals surface area contributed by atoms with E-state index in [-0.39, 0.29) is 0 Å². The Morgan fingerprint density at radius 1 is 0.327 bits per heavy atom. The van der Waals surface area contributed by atoms with Crippen LogP contribution in [0.25, 0.3) is 88.1 Å². The zero-order valence-electron chi connectivity index (χ0n) is 27.9. The molecule has 4 heteroatoms. The summed E-state index contributed by atoms with van der Waals surface area (Å²) in [6.07, 6.45) is 0. The van der Waals surface area contributed by atoms with E-state index >= 15 is 0 Å². The molecule has 0 N–H and O–H groups in total. The second-order valence-corrected chi connectivity index (χ2v) is 13.2. The summed E-state index contributed by atoms with van der Waals surface area (Å²) in [5, 5.41) is 6.50. The minimum absolute atomic E-state index is 0.837. The van der Waals surface area contributed by atoms with E-state index in [1.54, 1.807) is 0 Å². The van der Waals surface area contributed by atoms with Gasteiger partial charge in [0.25, 0.3) is 0 Å². The Labute approximate surface area is 298 Å². The van der Waals surface area contributed by atoms with Gasteiger partial charge in [-0.1, -0.05) is 103 Å². The molecule has 0 saturated carbocycles. The number of furan rings is 3. The van der Waals surface area contributed by atoms with Crippen molar-refractivity contribution in [1.82, 2.24) is 0 Å². The number of para-hydroxylation sites is 4. The molecule has 0 amide bonds. The zero-order chi connectivity index (χ0) is 34.2. The highest BCUT2D eigenvalue weighted by Crippen LogP contribution is 2.46. The molecule has 52 heavy (non-hydrogen) atoms. The normalized spacial score (nSPS) is 11.8. The number of hydrogen-bond acceptors (Lipinski definition) is 4. The van der Waals surface area contributed by atoms with Crippen molar-refractivity contribution in [2.24, 2.45) is 0 Å². The monoisotopic (exact) mass is 667 g/mol. The van der Waals surface area contributed by atoms with Gasteiger partial charge in [0.05, 0.1) is 11.1 Å². The van der Waals surface area contributed by atoms with Crippen molar-refractivity contribution in [3.05, 3.63) is 176 Å². The summed E-state index contributed by atoms with van der Waals surface area (Å²) < 4.78 is 19.6. The summed E-state index contributed by atoms with van der Waals surface area (Å²) in [5.74, 6) is 0. The lowest BCUT2D eigenvalue weighted by Gasteiger charge is -2.26. The van der Waals surface area contributed by atoms with Gasteiger partial charge in [0, 0.05) is 43.9 Å².